The van der Waals surface area contributed by atoms with Crippen molar-refractivity contribution in [1.82, 2.24) is 0 Å². The molecule has 0 saturated carbocycles. The maximum atomic E-state index is 7.40. The van der Waals surface area contributed by atoms with Crippen molar-refractivity contribution in [2.24, 2.45) is 0 Å². The van der Waals surface area contributed by atoms with Gasteiger partial charge in [0.2, 0.25) is 0 Å². The van der Waals surface area contributed by atoms with E-state index >= 15 is 0 Å². The number of hydrogen-bond donors (Lipinski definition) is 0. The zero-order chi connectivity index (χ0) is 30.1. The van der Waals surface area contributed by atoms with Crippen molar-refractivity contribution in [3.63, 3.8) is 0 Å². The summed E-state index contributed by atoms with van der Waals surface area (Å²) in [6.45, 7) is 13.6. The number of rotatable bonds is 10. The predicted octanol–water partition coefficient (Wildman–Crippen LogP) is 12.5. The molecule has 0 aliphatic rings. The van der Waals surface area contributed by atoms with E-state index in [-0.39, 0.29) is 0 Å². The molecule has 0 bridgehead atoms. The molecule has 0 amide bonds. The van der Waals surface area contributed by atoms with Gasteiger partial charge in [0.05, 0.1) is 0 Å². The van der Waals surface area contributed by atoms with Gasteiger partial charge in [0.25, 0.3) is 0 Å². The van der Waals surface area contributed by atoms with Crippen LogP contribution in [0.15, 0.2) is 72.8 Å². The van der Waals surface area contributed by atoms with Gasteiger partial charge in [-0.2, -0.15) is 0 Å². The van der Waals surface area contributed by atoms with Crippen LogP contribution in [0.3, 0.4) is 0 Å². The molecular weight excluding hydrogens is 520 g/mol. The molecular formula is C42H46O. The summed E-state index contributed by atoms with van der Waals surface area (Å²) in [7, 11) is 0. The molecule has 6 aromatic carbocycles. The fraction of sp³-hybridized carbons (Fsp3) is 0.333. The van der Waals surface area contributed by atoms with Crippen molar-refractivity contribution in [3.8, 4) is 11.5 Å². The topological polar surface area (TPSA) is 9.23 Å². The van der Waals surface area contributed by atoms with Gasteiger partial charge in [-0.05, 0) is 105 Å². The van der Waals surface area contributed by atoms with Crippen LogP contribution in [-0.4, -0.2) is 0 Å². The van der Waals surface area contributed by atoms with Crippen LogP contribution < -0.4 is 4.74 Å². The van der Waals surface area contributed by atoms with E-state index in [9.17, 15) is 0 Å². The standard InChI is InChI=1S/C42H46O/c1-7-15-29-31-19-11-13-21-33(31)35(17-9-3)39-37(29)25-23-27(5)41(39)43-42-28(6)24-26-38-30(16-8-2)32-20-12-14-22-34(32)36(18-10-4)40(38)42/h11-14,19-26H,7-10,15-18H2,1-6H3. The summed E-state index contributed by atoms with van der Waals surface area (Å²) >= 11 is 0. The lowest BCUT2D eigenvalue weighted by Gasteiger charge is -2.24. The molecule has 0 heterocycles. The molecule has 0 fully saturated rings. The van der Waals surface area contributed by atoms with E-state index in [0.29, 0.717) is 0 Å². The molecule has 0 aromatic heterocycles. The molecule has 6 aromatic rings. The van der Waals surface area contributed by atoms with Crippen molar-refractivity contribution >= 4 is 43.1 Å². The second-order valence-corrected chi connectivity index (χ2v) is 12.4. The third kappa shape index (κ3) is 4.97. The highest BCUT2D eigenvalue weighted by molar-refractivity contribution is 6.11. The molecule has 1 heteroatoms. The highest BCUT2D eigenvalue weighted by Crippen LogP contribution is 2.46. The van der Waals surface area contributed by atoms with Gasteiger partial charge in [-0.15, -0.1) is 0 Å². The fourth-order valence-corrected chi connectivity index (χ4v) is 7.48. The van der Waals surface area contributed by atoms with E-state index in [1.165, 1.54) is 76.5 Å². The summed E-state index contributed by atoms with van der Waals surface area (Å²) in [5.41, 5.74) is 8.16. The average molecular weight is 567 g/mol. The Morgan fingerprint density at radius 1 is 0.395 bits per heavy atom. The number of benzene rings is 6. The van der Waals surface area contributed by atoms with E-state index in [2.05, 4.69) is 114 Å². The Hall–Kier alpha value is -3.84. The molecule has 0 radical (unpaired) electrons. The molecule has 0 spiro atoms. The lowest BCUT2D eigenvalue weighted by atomic mass is 9.86. The Kier molecular flexibility index (Phi) is 8.44. The highest BCUT2D eigenvalue weighted by atomic mass is 16.5. The number of aryl methyl sites for hydroxylation is 6. The van der Waals surface area contributed by atoms with Gasteiger partial charge in [0, 0.05) is 10.8 Å². The van der Waals surface area contributed by atoms with E-state index in [1.54, 1.807) is 0 Å². The van der Waals surface area contributed by atoms with Crippen molar-refractivity contribution in [2.75, 3.05) is 0 Å². The Bertz CT molecular complexity index is 1820. The molecule has 0 atom stereocenters. The first kappa shape index (κ1) is 29.2. The predicted molar refractivity (Wildman–Crippen MR) is 188 cm³/mol. The van der Waals surface area contributed by atoms with Gasteiger partial charge < -0.3 is 4.74 Å². The number of fused-ring (bicyclic) bond motifs is 4. The smallest absolute Gasteiger partial charge is 0.138 e. The Morgan fingerprint density at radius 3 is 1.07 bits per heavy atom. The molecule has 0 aliphatic heterocycles. The normalized spacial score (nSPS) is 11.8. The second kappa shape index (κ2) is 12.4. The summed E-state index contributed by atoms with van der Waals surface area (Å²) in [5, 5.41) is 10.9. The third-order valence-electron chi connectivity index (χ3n) is 9.32. The summed E-state index contributed by atoms with van der Waals surface area (Å²) in [6, 6.07) is 27.4. The monoisotopic (exact) mass is 566 g/mol. The maximum absolute atomic E-state index is 7.40. The van der Waals surface area contributed by atoms with Crippen LogP contribution in [0.4, 0.5) is 0 Å². The number of ether oxygens (including phenoxy) is 1. The summed E-state index contributed by atoms with van der Waals surface area (Å²) in [5.74, 6) is 2.07. The summed E-state index contributed by atoms with van der Waals surface area (Å²) in [4.78, 5) is 0. The van der Waals surface area contributed by atoms with E-state index in [1.807, 2.05) is 0 Å². The molecule has 1 nitrogen and oxygen atoms in total. The van der Waals surface area contributed by atoms with Crippen LogP contribution in [0.25, 0.3) is 43.1 Å². The molecule has 0 unspecified atom stereocenters. The molecule has 0 aliphatic carbocycles. The first-order valence-electron chi connectivity index (χ1n) is 16.6. The third-order valence-corrected chi connectivity index (χ3v) is 9.32. The average Bonchev–Trinajstić information content (AvgIpc) is 3.02. The minimum atomic E-state index is 1.03. The fourth-order valence-electron chi connectivity index (χ4n) is 7.48. The zero-order valence-electron chi connectivity index (χ0n) is 27.0. The van der Waals surface area contributed by atoms with Crippen molar-refractivity contribution in [3.05, 3.63) is 106 Å². The Morgan fingerprint density at radius 2 is 0.721 bits per heavy atom. The lowest BCUT2D eigenvalue weighted by molar-refractivity contribution is 0.486. The minimum Gasteiger partial charge on any atom is -0.455 e. The van der Waals surface area contributed by atoms with Gasteiger partial charge in [-0.25, -0.2) is 0 Å². The lowest BCUT2D eigenvalue weighted by Crippen LogP contribution is -2.02. The van der Waals surface area contributed by atoms with Crippen LogP contribution >= 0.6 is 0 Å². The maximum Gasteiger partial charge on any atom is 0.138 e. The van der Waals surface area contributed by atoms with Gasteiger partial charge in [0.15, 0.2) is 0 Å². The molecule has 0 saturated heterocycles. The largest absolute Gasteiger partial charge is 0.455 e. The van der Waals surface area contributed by atoms with Crippen LogP contribution in [-0.2, 0) is 25.7 Å². The second-order valence-electron chi connectivity index (χ2n) is 12.4. The molecule has 220 valence electrons. The first-order chi connectivity index (χ1) is 21.0. The van der Waals surface area contributed by atoms with E-state index < -0.39 is 0 Å². The molecule has 6 rings (SSSR count). The van der Waals surface area contributed by atoms with Crippen LogP contribution in [0.1, 0.15) is 86.8 Å². The van der Waals surface area contributed by atoms with Crippen molar-refractivity contribution in [1.29, 1.82) is 0 Å². The van der Waals surface area contributed by atoms with E-state index in [0.717, 1.165) is 62.9 Å². The van der Waals surface area contributed by atoms with Crippen molar-refractivity contribution < 1.29 is 4.74 Å². The molecule has 0 N–H and O–H groups in total. The zero-order valence-corrected chi connectivity index (χ0v) is 27.0. The Labute approximate surface area is 257 Å². The van der Waals surface area contributed by atoms with Gasteiger partial charge >= 0.3 is 0 Å². The SMILES string of the molecule is CCCc1c2ccccc2c(CCC)c2c(Oc3c(C)ccc4c(CCC)c5ccccc5c(CCC)c34)c(C)ccc12. The first-order valence-corrected chi connectivity index (χ1v) is 16.6. The van der Waals surface area contributed by atoms with Crippen LogP contribution in [0.5, 0.6) is 11.5 Å². The molecule has 43 heavy (non-hydrogen) atoms. The van der Waals surface area contributed by atoms with Gasteiger partial charge in [-0.3, -0.25) is 0 Å². The Balaban J connectivity index is 1.73. The minimum absolute atomic E-state index is 1.03. The van der Waals surface area contributed by atoms with Crippen LogP contribution in [0, 0.1) is 13.8 Å². The summed E-state index contributed by atoms with van der Waals surface area (Å²) < 4.78 is 7.40. The van der Waals surface area contributed by atoms with Crippen LogP contribution in [0.2, 0.25) is 0 Å². The van der Waals surface area contributed by atoms with Gasteiger partial charge in [0.1, 0.15) is 11.5 Å². The number of hydrogen-bond acceptors (Lipinski definition) is 1. The quantitative estimate of drug-likeness (QED) is 0.150. The van der Waals surface area contributed by atoms with Crippen molar-refractivity contribution in [2.45, 2.75) is 92.9 Å². The highest BCUT2D eigenvalue weighted by Gasteiger charge is 2.22. The van der Waals surface area contributed by atoms with Gasteiger partial charge in [-0.1, -0.05) is 126 Å². The van der Waals surface area contributed by atoms with E-state index in [4.69, 9.17) is 4.74 Å². The summed E-state index contributed by atoms with van der Waals surface area (Å²) in [6.07, 6.45) is 8.62.